The zero-order chi connectivity index (χ0) is 38.9. The molecule has 2 aliphatic heterocycles. The number of carbonyl (C=O) groups is 4. The normalized spacial score (nSPS) is 17.7. The van der Waals surface area contributed by atoms with Crippen LogP contribution in [0.1, 0.15) is 48.7 Å². The van der Waals surface area contributed by atoms with E-state index < -0.39 is 5.92 Å². The Morgan fingerprint density at radius 2 is 1.72 bits per heavy atom. The van der Waals surface area contributed by atoms with Gasteiger partial charge in [0.25, 0.3) is 5.91 Å². The first-order valence-corrected chi connectivity index (χ1v) is 18.7. The van der Waals surface area contributed by atoms with Crippen molar-refractivity contribution in [3.05, 3.63) is 88.6 Å². The van der Waals surface area contributed by atoms with Crippen LogP contribution in [-0.4, -0.2) is 96.5 Å². The van der Waals surface area contributed by atoms with Crippen molar-refractivity contribution >= 4 is 46.1 Å². The van der Waals surface area contributed by atoms with Gasteiger partial charge in [-0.2, -0.15) is 0 Å². The van der Waals surface area contributed by atoms with Crippen molar-refractivity contribution in [3.8, 4) is 17.2 Å². The molecule has 2 saturated heterocycles. The molecule has 6 rings (SSSR count). The summed E-state index contributed by atoms with van der Waals surface area (Å²) in [5, 5.41) is 16.0. The van der Waals surface area contributed by atoms with E-state index in [1.165, 1.54) is 14.2 Å². The van der Waals surface area contributed by atoms with Crippen LogP contribution in [0.25, 0.3) is 10.9 Å². The monoisotopic (exact) mass is 759 g/mol. The molecule has 4 N–H and O–H groups in total. The van der Waals surface area contributed by atoms with E-state index in [9.17, 15) is 24.3 Å². The number of ether oxygens (including phenoxy) is 2. The van der Waals surface area contributed by atoms with Gasteiger partial charge in [-0.05, 0) is 79.6 Å². The molecule has 12 nitrogen and oxygen atoms in total. The average Bonchev–Trinajstić information content (AvgIpc) is 3.78. The number of para-hydroxylation sites is 1. The smallest absolute Gasteiger partial charge is 0.254 e. The van der Waals surface area contributed by atoms with Gasteiger partial charge in [0.15, 0.2) is 11.5 Å². The highest BCUT2D eigenvalue weighted by atomic mass is 35.5. The van der Waals surface area contributed by atoms with E-state index in [4.69, 9.17) is 21.1 Å². The van der Waals surface area contributed by atoms with Gasteiger partial charge in [0.1, 0.15) is 5.75 Å². The highest BCUT2D eigenvalue weighted by Gasteiger charge is 2.48. The molecule has 13 heteroatoms. The van der Waals surface area contributed by atoms with Gasteiger partial charge in [-0.25, -0.2) is 0 Å². The lowest BCUT2D eigenvalue weighted by molar-refractivity contribution is -0.139. The van der Waals surface area contributed by atoms with Crippen molar-refractivity contribution in [1.29, 1.82) is 0 Å². The van der Waals surface area contributed by atoms with E-state index in [2.05, 4.69) is 22.5 Å². The largest absolute Gasteiger partial charge is 0.508 e. The molecule has 0 radical (unpaired) electrons. The first-order valence-electron chi connectivity index (χ1n) is 18.3. The highest BCUT2D eigenvalue weighted by Crippen LogP contribution is 2.37. The number of aromatic hydroxyl groups is 1. The number of aryl methyl sites for hydroxylation is 1. The number of rotatable bonds is 11. The van der Waals surface area contributed by atoms with Crippen LogP contribution in [-0.2, 0) is 27.2 Å². The molecular weight excluding hydrogens is 710 g/mol. The Labute approximate surface area is 321 Å². The van der Waals surface area contributed by atoms with Gasteiger partial charge in [-0.1, -0.05) is 49.2 Å². The summed E-state index contributed by atoms with van der Waals surface area (Å²) >= 11 is 6.12. The second kappa shape index (κ2) is 18.2. The lowest BCUT2D eigenvalue weighted by atomic mass is 9.79. The molecule has 2 fully saturated rings. The van der Waals surface area contributed by atoms with Gasteiger partial charge in [-0.3, -0.25) is 19.2 Å². The maximum atomic E-state index is 13.7. The van der Waals surface area contributed by atoms with E-state index in [1.54, 1.807) is 46.3 Å². The Morgan fingerprint density at radius 3 is 2.43 bits per heavy atom. The second-order valence-electron chi connectivity index (χ2n) is 14.0. The number of benzene rings is 3. The molecule has 3 heterocycles. The lowest BCUT2D eigenvalue weighted by Gasteiger charge is -2.39. The highest BCUT2D eigenvalue weighted by molar-refractivity contribution is 6.31. The fraction of sp³-hybridized carbons (Fsp3) is 0.415. The third kappa shape index (κ3) is 9.65. The number of phenols is 1. The molecular formula is C41H50ClN5O7. The number of nitrogens with zero attached hydrogens (tertiary/aromatic N) is 2. The number of likely N-dealkylation sites (N-methyl/N-ethyl adjacent to an activating group) is 1. The molecule has 3 unspecified atom stereocenters. The number of H-pyrrole nitrogens is 1. The Bertz CT molecular complexity index is 1960. The average molecular weight is 760 g/mol. The molecule has 3 atom stereocenters. The minimum absolute atomic E-state index is 0.0567. The summed E-state index contributed by atoms with van der Waals surface area (Å²) in [6.45, 7) is 7.14. The number of carbonyl (C=O) groups excluding carboxylic acids is 4. The predicted octanol–water partition coefficient (Wildman–Crippen LogP) is 5.21. The first-order chi connectivity index (χ1) is 25.9. The zero-order valence-corrected chi connectivity index (χ0v) is 32.2. The molecule has 0 aliphatic carbocycles. The molecule has 54 heavy (non-hydrogen) atoms. The van der Waals surface area contributed by atoms with Crippen molar-refractivity contribution < 1.29 is 33.8 Å². The Hall–Kier alpha value is -5.23. The summed E-state index contributed by atoms with van der Waals surface area (Å²) in [6, 6.07) is 18.1. The fourth-order valence-corrected chi connectivity index (χ4v) is 7.39. The van der Waals surface area contributed by atoms with Crippen molar-refractivity contribution in [3.63, 3.8) is 0 Å². The number of amides is 4. The quantitative estimate of drug-likeness (QED) is 0.164. The standard InChI is InChI=1S/C32H38ClN5O6.C9H12O/c1-18(2)44-27-8-5-19(9-28(27)43-4)32(42)38-15-21-14-37(17-25(24(21)16-38)31(41)36-13-29(39)34-3)30(40)10-20-12-35-26-11-22(33)6-7-23(20)26;1-2-5-8-6-3-4-7-9(8)10/h5-9,11-12,18,21,24-25,35H,10,13-17H2,1-4H3,(H,34,39)(H,36,41);3-4,6-7,10H,2,5H2,1H3. The summed E-state index contributed by atoms with van der Waals surface area (Å²) in [7, 11) is 3.03. The maximum absolute atomic E-state index is 13.7. The van der Waals surface area contributed by atoms with Gasteiger partial charge in [0.2, 0.25) is 17.7 Å². The van der Waals surface area contributed by atoms with Crippen LogP contribution in [0.4, 0.5) is 0 Å². The Balaban J connectivity index is 0.000000486. The van der Waals surface area contributed by atoms with Crippen molar-refractivity contribution in [2.45, 2.75) is 46.1 Å². The molecule has 3 aromatic carbocycles. The minimum Gasteiger partial charge on any atom is -0.508 e. The van der Waals surface area contributed by atoms with Crippen molar-refractivity contribution in [2.75, 3.05) is 46.9 Å². The van der Waals surface area contributed by atoms with E-state index in [1.807, 2.05) is 44.2 Å². The number of hydrogen-bond donors (Lipinski definition) is 4. The number of fused-ring (bicyclic) bond motifs is 2. The van der Waals surface area contributed by atoms with Gasteiger partial charge in [0, 0.05) is 60.9 Å². The molecule has 4 amide bonds. The summed E-state index contributed by atoms with van der Waals surface area (Å²) in [5.74, 6) is -0.365. The van der Waals surface area contributed by atoms with E-state index in [0.29, 0.717) is 47.5 Å². The van der Waals surface area contributed by atoms with Crippen LogP contribution in [0.2, 0.25) is 5.02 Å². The number of likely N-dealkylation sites (tertiary alicyclic amines) is 2. The molecule has 2 aliphatic rings. The topological polar surface area (TPSA) is 153 Å². The number of methoxy groups -OCH3 is 1. The molecule has 0 saturated carbocycles. The molecule has 0 spiro atoms. The van der Waals surface area contributed by atoms with Crippen LogP contribution in [0.3, 0.4) is 0 Å². The predicted molar refractivity (Wildman–Crippen MR) is 208 cm³/mol. The molecule has 4 aromatic rings. The maximum Gasteiger partial charge on any atom is 0.254 e. The van der Waals surface area contributed by atoms with Crippen LogP contribution >= 0.6 is 11.6 Å². The number of halogens is 1. The SMILES string of the molecule is CCCc1ccccc1O.CNC(=O)CNC(=O)C1CN(C(=O)Cc2c[nH]c3cc(Cl)ccc23)CC2CN(C(=O)c3ccc(OC(C)C)c(OC)c3)CC21. The van der Waals surface area contributed by atoms with Crippen molar-refractivity contribution in [1.82, 2.24) is 25.4 Å². The second-order valence-corrected chi connectivity index (χ2v) is 14.5. The molecule has 0 bridgehead atoms. The summed E-state index contributed by atoms with van der Waals surface area (Å²) in [5.41, 5.74) is 3.18. The molecule has 288 valence electrons. The zero-order valence-electron chi connectivity index (χ0n) is 31.5. The molecule has 1 aromatic heterocycles. The Morgan fingerprint density at radius 1 is 0.963 bits per heavy atom. The van der Waals surface area contributed by atoms with Gasteiger partial charge < -0.3 is 40.0 Å². The Kier molecular flexibility index (Phi) is 13.5. The van der Waals surface area contributed by atoms with Gasteiger partial charge >= 0.3 is 0 Å². The fourth-order valence-electron chi connectivity index (χ4n) is 7.22. The van der Waals surface area contributed by atoms with Gasteiger partial charge in [-0.15, -0.1) is 0 Å². The number of nitrogens with one attached hydrogen (secondary N) is 3. The number of piperidine rings is 1. The summed E-state index contributed by atoms with van der Waals surface area (Å²) in [4.78, 5) is 59.2. The summed E-state index contributed by atoms with van der Waals surface area (Å²) < 4.78 is 11.3. The van der Waals surface area contributed by atoms with Crippen molar-refractivity contribution in [2.24, 2.45) is 17.8 Å². The number of phenolic OH excluding ortho intramolecular Hbond substituents is 1. The van der Waals surface area contributed by atoms with Crippen LogP contribution in [0, 0.1) is 17.8 Å². The third-order valence-corrected chi connectivity index (χ3v) is 10.1. The van der Waals surface area contributed by atoms with Crippen LogP contribution in [0.15, 0.2) is 66.9 Å². The lowest BCUT2D eigenvalue weighted by Crippen LogP contribution is -2.54. The third-order valence-electron chi connectivity index (χ3n) is 9.91. The van der Waals surface area contributed by atoms with E-state index in [-0.39, 0.29) is 61.1 Å². The van der Waals surface area contributed by atoms with E-state index in [0.717, 1.165) is 34.9 Å². The van der Waals surface area contributed by atoms with Gasteiger partial charge in [0.05, 0.1) is 32.1 Å². The van der Waals surface area contributed by atoms with Crippen LogP contribution in [0.5, 0.6) is 17.2 Å². The summed E-state index contributed by atoms with van der Waals surface area (Å²) in [6.07, 6.45) is 3.95. The number of aromatic nitrogens is 1. The van der Waals surface area contributed by atoms with Crippen LogP contribution < -0.4 is 20.1 Å². The number of aromatic amines is 1. The minimum atomic E-state index is -0.585. The number of hydrogen-bond acceptors (Lipinski definition) is 7. The first kappa shape index (κ1) is 40.0. The van der Waals surface area contributed by atoms with E-state index >= 15 is 0 Å².